The van der Waals surface area contributed by atoms with Gasteiger partial charge in [-0.3, -0.25) is 4.98 Å². The molecule has 2 rings (SSSR count). The van der Waals surface area contributed by atoms with Crippen molar-refractivity contribution in [2.75, 3.05) is 13.2 Å². The van der Waals surface area contributed by atoms with E-state index in [1.54, 1.807) is 0 Å². The van der Waals surface area contributed by atoms with E-state index in [0.29, 0.717) is 6.04 Å². The third kappa shape index (κ3) is 4.99. The van der Waals surface area contributed by atoms with Crippen molar-refractivity contribution < 1.29 is 4.74 Å². The fourth-order valence-corrected chi connectivity index (χ4v) is 3.23. The lowest BCUT2D eigenvalue weighted by Crippen LogP contribution is -2.30. The molecule has 1 aromatic heterocycles. The zero-order valence-corrected chi connectivity index (χ0v) is 13.6. The normalized spacial score (nSPS) is 17.6. The van der Waals surface area contributed by atoms with Crippen LogP contribution in [0.15, 0.2) is 18.5 Å². The molecule has 1 fully saturated rings. The molecule has 0 aliphatic heterocycles. The predicted octanol–water partition coefficient (Wildman–Crippen LogP) is 4.49. The molecule has 1 aromatic rings. The van der Waals surface area contributed by atoms with Crippen LogP contribution in [0.5, 0.6) is 5.75 Å². The zero-order chi connectivity index (χ0) is 14.9. The first-order valence-corrected chi connectivity index (χ1v) is 8.66. The smallest absolute Gasteiger partial charge is 0.137 e. The third-order valence-corrected chi connectivity index (χ3v) is 4.30. The molecular weight excluding hydrogens is 260 g/mol. The van der Waals surface area contributed by atoms with E-state index in [1.807, 2.05) is 12.4 Å². The summed E-state index contributed by atoms with van der Waals surface area (Å²) >= 11 is 0. The van der Waals surface area contributed by atoms with Crippen molar-refractivity contribution in [1.29, 1.82) is 0 Å². The Bertz CT molecular complexity index is 402. The molecule has 0 spiro atoms. The van der Waals surface area contributed by atoms with E-state index < -0.39 is 0 Å². The van der Waals surface area contributed by atoms with Gasteiger partial charge in [0.25, 0.3) is 0 Å². The number of aromatic nitrogens is 1. The van der Waals surface area contributed by atoms with E-state index in [0.717, 1.165) is 31.2 Å². The highest BCUT2D eigenvalue weighted by Crippen LogP contribution is 2.35. The van der Waals surface area contributed by atoms with E-state index >= 15 is 0 Å². The second-order valence-corrected chi connectivity index (χ2v) is 6.13. The second kappa shape index (κ2) is 9.04. The molecule has 0 aromatic carbocycles. The number of nitrogens with zero attached hydrogens (tertiary/aromatic N) is 1. The Morgan fingerprint density at radius 2 is 2.00 bits per heavy atom. The maximum Gasteiger partial charge on any atom is 0.137 e. The van der Waals surface area contributed by atoms with Gasteiger partial charge in [0.15, 0.2) is 0 Å². The highest BCUT2D eigenvalue weighted by molar-refractivity contribution is 5.26. The molecule has 1 heterocycles. The van der Waals surface area contributed by atoms with Crippen molar-refractivity contribution in [2.24, 2.45) is 5.92 Å². The summed E-state index contributed by atoms with van der Waals surface area (Å²) in [5.41, 5.74) is 1.30. The molecule has 1 atom stereocenters. The largest absolute Gasteiger partial charge is 0.492 e. The van der Waals surface area contributed by atoms with E-state index in [-0.39, 0.29) is 0 Å². The maximum absolute atomic E-state index is 5.75. The zero-order valence-electron chi connectivity index (χ0n) is 13.6. The summed E-state index contributed by atoms with van der Waals surface area (Å²) < 4.78 is 5.75. The SMILES string of the molecule is CCCNC(c1cncc(OCCC)c1)C1CCCCC1. The Balaban J connectivity index is 2.10. The summed E-state index contributed by atoms with van der Waals surface area (Å²) in [6.07, 6.45) is 12.9. The lowest BCUT2D eigenvalue weighted by atomic mass is 9.81. The minimum atomic E-state index is 0.433. The van der Waals surface area contributed by atoms with Crippen LogP contribution in [0.1, 0.15) is 70.4 Å². The molecule has 3 heteroatoms. The van der Waals surface area contributed by atoms with Crippen LogP contribution in [-0.4, -0.2) is 18.1 Å². The van der Waals surface area contributed by atoms with Crippen LogP contribution < -0.4 is 10.1 Å². The molecule has 0 saturated heterocycles. The van der Waals surface area contributed by atoms with Gasteiger partial charge in [0.05, 0.1) is 12.8 Å². The first kappa shape index (κ1) is 16.3. The molecule has 1 saturated carbocycles. The topological polar surface area (TPSA) is 34.2 Å². The van der Waals surface area contributed by atoms with Crippen LogP contribution in [0.2, 0.25) is 0 Å². The van der Waals surface area contributed by atoms with Crippen molar-refractivity contribution in [3.8, 4) is 5.75 Å². The van der Waals surface area contributed by atoms with Gasteiger partial charge >= 0.3 is 0 Å². The van der Waals surface area contributed by atoms with E-state index in [4.69, 9.17) is 4.74 Å². The third-order valence-electron chi connectivity index (χ3n) is 4.30. The summed E-state index contributed by atoms with van der Waals surface area (Å²) in [4.78, 5) is 4.40. The Labute approximate surface area is 129 Å². The molecule has 0 bridgehead atoms. The average Bonchev–Trinajstić information content (AvgIpc) is 2.55. The minimum absolute atomic E-state index is 0.433. The number of ether oxygens (including phenoxy) is 1. The van der Waals surface area contributed by atoms with Gasteiger partial charge in [-0.25, -0.2) is 0 Å². The molecule has 21 heavy (non-hydrogen) atoms. The number of pyridine rings is 1. The Kier molecular flexibility index (Phi) is 7.01. The van der Waals surface area contributed by atoms with Crippen LogP contribution >= 0.6 is 0 Å². The Hall–Kier alpha value is -1.09. The van der Waals surface area contributed by atoms with Crippen molar-refractivity contribution in [1.82, 2.24) is 10.3 Å². The van der Waals surface area contributed by atoms with Crippen LogP contribution in [0.3, 0.4) is 0 Å². The lowest BCUT2D eigenvalue weighted by molar-refractivity contribution is 0.269. The van der Waals surface area contributed by atoms with E-state index in [9.17, 15) is 0 Å². The first-order valence-electron chi connectivity index (χ1n) is 8.66. The van der Waals surface area contributed by atoms with Crippen LogP contribution in [0.4, 0.5) is 0 Å². The van der Waals surface area contributed by atoms with Gasteiger partial charge in [-0.2, -0.15) is 0 Å². The molecule has 0 radical (unpaired) electrons. The highest BCUT2D eigenvalue weighted by atomic mass is 16.5. The first-order chi connectivity index (χ1) is 10.3. The Morgan fingerprint density at radius 3 is 2.71 bits per heavy atom. The monoisotopic (exact) mass is 290 g/mol. The summed E-state index contributed by atoms with van der Waals surface area (Å²) in [5.74, 6) is 1.65. The Morgan fingerprint density at radius 1 is 1.19 bits per heavy atom. The number of hydrogen-bond acceptors (Lipinski definition) is 3. The molecule has 118 valence electrons. The fourth-order valence-electron chi connectivity index (χ4n) is 3.23. The molecule has 1 N–H and O–H groups in total. The van der Waals surface area contributed by atoms with Crippen LogP contribution in [-0.2, 0) is 0 Å². The van der Waals surface area contributed by atoms with Gasteiger partial charge < -0.3 is 10.1 Å². The molecule has 1 aliphatic carbocycles. The van der Waals surface area contributed by atoms with Gasteiger partial charge in [-0.05, 0) is 49.8 Å². The van der Waals surface area contributed by atoms with Gasteiger partial charge in [-0.15, -0.1) is 0 Å². The van der Waals surface area contributed by atoms with Crippen molar-refractivity contribution in [3.05, 3.63) is 24.0 Å². The molecule has 1 aliphatic rings. The molecular formula is C18H30N2O. The fraction of sp³-hybridized carbons (Fsp3) is 0.722. The van der Waals surface area contributed by atoms with Gasteiger partial charge in [-0.1, -0.05) is 33.1 Å². The summed E-state index contributed by atoms with van der Waals surface area (Å²) in [7, 11) is 0. The summed E-state index contributed by atoms with van der Waals surface area (Å²) in [5, 5.41) is 3.74. The molecule has 1 unspecified atom stereocenters. The number of hydrogen-bond donors (Lipinski definition) is 1. The minimum Gasteiger partial charge on any atom is -0.492 e. The van der Waals surface area contributed by atoms with Gasteiger partial charge in [0.1, 0.15) is 5.75 Å². The van der Waals surface area contributed by atoms with E-state index in [2.05, 4.69) is 30.2 Å². The number of nitrogens with one attached hydrogen (secondary N) is 1. The van der Waals surface area contributed by atoms with Crippen molar-refractivity contribution in [3.63, 3.8) is 0 Å². The van der Waals surface area contributed by atoms with E-state index in [1.165, 1.54) is 44.1 Å². The summed E-state index contributed by atoms with van der Waals surface area (Å²) in [6, 6.07) is 2.62. The predicted molar refractivity (Wildman–Crippen MR) is 87.6 cm³/mol. The molecule has 0 amide bonds. The van der Waals surface area contributed by atoms with Crippen LogP contribution in [0, 0.1) is 5.92 Å². The number of rotatable bonds is 8. The second-order valence-electron chi connectivity index (χ2n) is 6.13. The van der Waals surface area contributed by atoms with Crippen molar-refractivity contribution >= 4 is 0 Å². The summed E-state index contributed by atoms with van der Waals surface area (Å²) in [6.45, 7) is 6.19. The van der Waals surface area contributed by atoms with Crippen molar-refractivity contribution in [2.45, 2.75) is 64.8 Å². The standard InChI is InChI=1S/C18H30N2O/c1-3-10-20-18(15-8-6-5-7-9-15)16-12-17(14-19-13-16)21-11-4-2/h12-15,18,20H,3-11H2,1-2H3. The quantitative estimate of drug-likeness (QED) is 0.766. The van der Waals surface area contributed by atoms with Gasteiger partial charge in [0.2, 0.25) is 0 Å². The van der Waals surface area contributed by atoms with Gasteiger partial charge in [0, 0.05) is 12.2 Å². The van der Waals surface area contributed by atoms with Crippen LogP contribution in [0.25, 0.3) is 0 Å². The average molecular weight is 290 g/mol. The molecule has 3 nitrogen and oxygen atoms in total. The lowest BCUT2D eigenvalue weighted by Gasteiger charge is -2.31. The maximum atomic E-state index is 5.75. The highest BCUT2D eigenvalue weighted by Gasteiger charge is 2.25.